The maximum atomic E-state index is 11.1. The lowest BCUT2D eigenvalue weighted by Gasteiger charge is -2.29. The predicted octanol–water partition coefficient (Wildman–Crippen LogP) is -0.281. The number of rotatable bonds is 5. The van der Waals surface area contributed by atoms with E-state index in [0.29, 0.717) is 18.2 Å². The van der Waals surface area contributed by atoms with Gasteiger partial charge in [-0.3, -0.25) is 4.79 Å². The van der Waals surface area contributed by atoms with E-state index in [1.54, 1.807) is 0 Å². The van der Waals surface area contributed by atoms with Crippen LogP contribution < -0.4 is 10.6 Å². The Bertz CT molecular complexity index is 248. The number of ether oxygens (including phenoxy) is 1. The third-order valence-electron chi connectivity index (χ3n) is 2.27. The summed E-state index contributed by atoms with van der Waals surface area (Å²) in [6.45, 7) is 6.06. The maximum Gasteiger partial charge on any atom is 0.239 e. The summed E-state index contributed by atoms with van der Waals surface area (Å²) in [5.74, 6) is 0.0321. The van der Waals surface area contributed by atoms with Crippen LogP contribution in [0.3, 0.4) is 0 Å². The third kappa shape index (κ3) is 4.76. The zero-order chi connectivity index (χ0) is 11.8. The Morgan fingerprint density at radius 3 is 3.19 bits per heavy atom. The molecule has 0 aromatic heterocycles. The number of nitrogens with zero attached hydrogens (tertiary/aromatic N) is 1. The summed E-state index contributed by atoms with van der Waals surface area (Å²) in [6.07, 6.45) is 0.925. The van der Waals surface area contributed by atoms with Gasteiger partial charge in [0.25, 0.3) is 0 Å². The second-order valence-electron chi connectivity index (χ2n) is 3.55. The Balaban J connectivity index is 2.11. The number of thiocarbonyl (C=S) groups is 1. The van der Waals surface area contributed by atoms with Gasteiger partial charge < -0.3 is 20.3 Å². The van der Waals surface area contributed by atoms with Crippen molar-refractivity contribution in [3.05, 3.63) is 0 Å². The highest BCUT2D eigenvalue weighted by atomic mass is 32.1. The average molecular weight is 245 g/mol. The molecule has 1 aliphatic heterocycles. The van der Waals surface area contributed by atoms with Crippen LogP contribution in [0.1, 0.15) is 13.3 Å². The molecule has 0 bridgehead atoms. The van der Waals surface area contributed by atoms with Gasteiger partial charge in [0, 0.05) is 32.8 Å². The Morgan fingerprint density at radius 1 is 1.69 bits per heavy atom. The van der Waals surface area contributed by atoms with Crippen LogP contribution in [0.4, 0.5) is 0 Å². The van der Waals surface area contributed by atoms with Gasteiger partial charge >= 0.3 is 0 Å². The molecular formula is C10H19N3O2S. The summed E-state index contributed by atoms with van der Waals surface area (Å²) < 4.78 is 5.22. The molecule has 0 aromatic rings. The van der Waals surface area contributed by atoms with Gasteiger partial charge in [0.15, 0.2) is 5.11 Å². The average Bonchev–Trinajstić information content (AvgIpc) is 2.28. The fourth-order valence-electron chi connectivity index (χ4n) is 1.44. The van der Waals surface area contributed by atoms with Crippen LogP contribution in [0.25, 0.3) is 0 Å². The highest BCUT2D eigenvalue weighted by Crippen LogP contribution is 1.94. The second kappa shape index (κ2) is 7.40. The zero-order valence-electron chi connectivity index (χ0n) is 9.62. The van der Waals surface area contributed by atoms with Crippen LogP contribution in [0.2, 0.25) is 0 Å². The Kier molecular flexibility index (Phi) is 6.10. The number of carbonyl (C=O) groups excluding carboxylic acids is 1. The molecule has 0 atom stereocenters. The molecule has 92 valence electrons. The summed E-state index contributed by atoms with van der Waals surface area (Å²) in [7, 11) is 0. The van der Waals surface area contributed by atoms with Crippen molar-refractivity contribution in [2.75, 3.05) is 39.4 Å². The second-order valence-corrected chi connectivity index (χ2v) is 3.94. The topological polar surface area (TPSA) is 53.6 Å². The first-order valence-corrected chi connectivity index (χ1v) is 6.02. The van der Waals surface area contributed by atoms with E-state index in [9.17, 15) is 4.79 Å². The molecule has 0 aromatic carbocycles. The zero-order valence-corrected chi connectivity index (χ0v) is 10.4. The molecule has 0 unspecified atom stereocenters. The molecule has 0 saturated carbocycles. The van der Waals surface area contributed by atoms with E-state index in [-0.39, 0.29) is 5.91 Å². The maximum absolute atomic E-state index is 11.1. The standard InChI is InChI=1S/C10H19N3O2S/c1-2-15-7-3-4-12-10(16)13-6-5-11-9(14)8-13/h2-8H2,1H3,(H,11,14)(H,12,16). The molecule has 6 heteroatoms. The van der Waals surface area contributed by atoms with Gasteiger partial charge in [0.1, 0.15) is 0 Å². The Hall–Kier alpha value is -0.880. The third-order valence-corrected chi connectivity index (χ3v) is 2.67. The molecule has 5 nitrogen and oxygen atoms in total. The molecule has 2 N–H and O–H groups in total. The lowest BCUT2D eigenvalue weighted by Crippen LogP contribution is -2.53. The van der Waals surface area contributed by atoms with E-state index in [1.807, 2.05) is 11.8 Å². The smallest absolute Gasteiger partial charge is 0.239 e. The summed E-state index contributed by atoms with van der Waals surface area (Å²) in [5.41, 5.74) is 0. The van der Waals surface area contributed by atoms with E-state index in [4.69, 9.17) is 17.0 Å². The van der Waals surface area contributed by atoms with Gasteiger partial charge in [0.05, 0.1) is 6.54 Å². The number of amides is 1. The van der Waals surface area contributed by atoms with E-state index < -0.39 is 0 Å². The van der Waals surface area contributed by atoms with Gasteiger partial charge in [-0.1, -0.05) is 0 Å². The van der Waals surface area contributed by atoms with E-state index in [0.717, 1.165) is 32.7 Å². The van der Waals surface area contributed by atoms with Crippen LogP contribution >= 0.6 is 12.2 Å². The van der Waals surface area contributed by atoms with Crippen LogP contribution in [0, 0.1) is 0 Å². The van der Waals surface area contributed by atoms with E-state index >= 15 is 0 Å². The van der Waals surface area contributed by atoms with Gasteiger partial charge in [-0.25, -0.2) is 0 Å². The predicted molar refractivity (Wildman–Crippen MR) is 66.3 cm³/mol. The first-order chi connectivity index (χ1) is 7.74. The van der Waals surface area contributed by atoms with Gasteiger partial charge in [-0.05, 0) is 25.6 Å². The van der Waals surface area contributed by atoms with Crippen molar-refractivity contribution in [2.24, 2.45) is 0 Å². The van der Waals surface area contributed by atoms with Crippen molar-refractivity contribution in [1.82, 2.24) is 15.5 Å². The largest absolute Gasteiger partial charge is 0.382 e. The van der Waals surface area contributed by atoms with Crippen LogP contribution in [-0.4, -0.2) is 55.3 Å². The number of piperazine rings is 1. The SMILES string of the molecule is CCOCCCNC(=S)N1CCNC(=O)C1. The molecule has 0 aliphatic carbocycles. The molecule has 0 radical (unpaired) electrons. The minimum atomic E-state index is 0.0321. The monoisotopic (exact) mass is 245 g/mol. The minimum absolute atomic E-state index is 0.0321. The number of nitrogens with one attached hydrogen (secondary N) is 2. The molecular weight excluding hydrogens is 226 g/mol. The number of hydrogen-bond acceptors (Lipinski definition) is 3. The molecule has 1 amide bonds. The molecule has 1 heterocycles. The summed E-state index contributed by atoms with van der Waals surface area (Å²) in [6, 6.07) is 0. The van der Waals surface area contributed by atoms with Crippen molar-refractivity contribution in [3.8, 4) is 0 Å². The van der Waals surface area contributed by atoms with Crippen molar-refractivity contribution in [2.45, 2.75) is 13.3 Å². The fourth-order valence-corrected chi connectivity index (χ4v) is 1.70. The summed E-state index contributed by atoms with van der Waals surface area (Å²) in [5, 5.41) is 6.55. The van der Waals surface area contributed by atoms with Gasteiger partial charge in [0.2, 0.25) is 5.91 Å². The minimum Gasteiger partial charge on any atom is -0.382 e. The van der Waals surface area contributed by atoms with Gasteiger partial charge in [-0.2, -0.15) is 0 Å². The number of hydrogen-bond donors (Lipinski definition) is 2. The van der Waals surface area contributed by atoms with Crippen molar-refractivity contribution >= 4 is 23.2 Å². The highest BCUT2D eigenvalue weighted by molar-refractivity contribution is 7.80. The van der Waals surface area contributed by atoms with Crippen LogP contribution in [-0.2, 0) is 9.53 Å². The molecule has 16 heavy (non-hydrogen) atoms. The summed E-state index contributed by atoms with van der Waals surface area (Å²) >= 11 is 5.20. The normalized spacial score (nSPS) is 15.8. The molecule has 0 spiro atoms. The van der Waals surface area contributed by atoms with Crippen LogP contribution in [0.15, 0.2) is 0 Å². The first kappa shape index (κ1) is 13.2. The first-order valence-electron chi connectivity index (χ1n) is 5.61. The number of carbonyl (C=O) groups is 1. The van der Waals surface area contributed by atoms with E-state index in [1.165, 1.54) is 0 Å². The van der Waals surface area contributed by atoms with E-state index in [2.05, 4.69) is 10.6 Å². The molecule has 1 fully saturated rings. The van der Waals surface area contributed by atoms with Gasteiger partial charge in [-0.15, -0.1) is 0 Å². The quantitative estimate of drug-likeness (QED) is 0.515. The Labute approximate surface area is 102 Å². The summed E-state index contributed by atoms with van der Waals surface area (Å²) in [4.78, 5) is 13.0. The lowest BCUT2D eigenvalue weighted by atomic mass is 10.4. The molecule has 1 rings (SSSR count). The van der Waals surface area contributed by atoms with Crippen molar-refractivity contribution in [1.29, 1.82) is 0 Å². The van der Waals surface area contributed by atoms with Crippen molar-refractivity contribution in [3.63, 3.8) is 0 Å². The van der Waals surface area contributed by atoms with Crippen LogP contribution in [0.5, 0.6) is 0 Å². The fraction of sp³-hybridized carbons (Fsp3) is 0.800. The highest BCUT2D eigenvalue weighted by Gasteiger charge is 2.17. The van der Waals surface area contributed by atoms with Crippen molar-refractivity contribution < 1.29 is 9.53 Å². The lowest BCUT2D eigenvalue weighted by molar-refractivity contribution is -0.122. The molecule has 1 saturated heterocycles. The molecule has 1 aliphatic rings. The Morgan fingerprint density at radius 2 is 2.50 bits per heavy atom.